The smallest absolute Gasteiger partial charge is 0.0681 e. The summed E-state index contributed by atoms with van der Waals surface area (Å²) in [5.74, 6) is 0. The van der Waals surface area contributed by atoms with Gasteiger partial charge in [-0.2, -0.15) is 0 Å². The van der Waals surface area contributed by atoms with E-state index in [2.05, 4.69) is 57.2 Å². The molecule has 0 radical (unpaired) electrons. The molecule has 0 aliphatic carbocycles. The second-order valence-corrected chi connectivity index (χ2v) is 6.11. The third-order valence-corrected chi connectivity index (χ3v) is 3.41. The lowest BCUT2D eigenvalue weighted by atomic mass is 9.87. The van der Waals surface area contributed by atoms with E-state index in [0.29, 0.717) is 0 Å². The largest absolute Gasteiger partial charge is 0.392 e. The predicted octanol–water partition coefficient (Wildman–Crippen LogP) is 4.65. The van der Waals surface area contributed by atoms with Crippen molar-refractivity contribution >= 4 is 12.2 Å². The van der Waals surface area contributed by atoms with E-state index in [4.69, 9.17) is 5.11 Å². The molecule has 1 nitrogen and oxygen atoms in total. The standard InChI is InChI=1S/C19H22O/c1-19(2,3)18-12-10-16(11-13-18)5-4-15-6-8-17(14-20)9-7-15/h4-13,20H,14H2,1-3H3/b5-4+. The third kappa shape index (κ3) is 3.82. The van der Waals surface area contributed by atoms with Gasteiger partial charge in [-0.05, 0) is 27.7 Å². The fourth-order valence-corrected chi connectivity index (χ4v) is 2.02. The Morgan fingerprint density at radius 2 is 1.25 bits per heavy atom. The molecule has 0 spiro atoms. The first kappa shape index (κ1) is 14.5. The highest BCUT2D eigenvalue weighted by molar-refractivity contribution is 5.69. The number of benzene rings is 2. The van der Waals surface area contributed by atoms with Gasteiger partial charge in [0.25, 0.3) is 0 Å². The molecule has 2 aromatic rings. The molecule has 2 aromatic carbocycles. The van der Waals surface area contributed by atoms with Crippen LogP contribution in [0.15, 0.2) is 48.5 Å². The summed E-state index contributed by atoms with van der Waals surface area (Å²) >= 11 is 0. The van der Waals surface area contributed by atoms with Gasteiger partial charge < -0.3 is 5.11 Å². The van der Waals surface area contributed by atoms with Crippen molar-refractivity contribution in [1.82, 2.24) is 0 Å². The van der Waals surface area contributed by atoms with Crippen LogP contribution in [0.3, 0.4) is 0 Å². The minimum atomic E-state index is 0.0955. The third-order valence-electron chi connectivity index (χ3n) is 3.41. The van der Waals surface area contributed by atoms with Crippen molar-refractivity contribution < 1.29 is 5.11 Å². The van der Waals surface area contributed by atoms with E-state index in [-0.39, 0.29) is 12.0 Å². The van der Waals surface area contributed by atoms with Crippen molar-refractivity contribution in [2.75, 3.05) is 0 Å². The topological polar surface area (TPSA) is 20.2 Å². The van der Waals surface area contributed by atoms with Crippen LogP contribution in [0.5, 0.6) is 0 Å². The van der Waals surface area contributed by atoms with Crippen LogP contribution in [-0.2, 0) is 12.0 Å². The van der Waals surface area contributed by atoms with E-state index in [1.54, 1.807) is 0 Å². The van der Waals surface area contributed by atoms with Crippen molar-refractivity contribution in [3.8, 4) is 0 Å². The van der Waals surface area contributed by atoms with Gasteiger partial charge in [-0.15, -0.1) is 0 Å². The van der Waals surface area contributed by atoms with Gasteiger partial charge in [0, 0.05) is 0 Å². The Morgan fingerprint density at radius 3 is 1.65 bits per heavy atom. The van der Waals surface area contributed by atoms with Gasteiger partial charge in [0.15, 0.2) is 0 Å². The maximum Gasteiger partial charge on any atom is 0.0681 e. The zero-order chi connectivity index (χ0) is 14.6. The van der Waals surface area contributed by atoms with E-state index in [0.717, 1.165) is 11.1 Å². The lowest BCUT2D eigenvalue weighted by molar-refractivity contribution is 0.282. The highest BCUT2D eigenvalue weighted by Gasteiger charge is 2.12. The molecular weight excluding hydrogens is 244 g/mol. The predicted molar refractivity (Wildman–Crippen MR) is 86.4 cm³/mol. The molecule has 0 saturated carbocycles. The molecular formula is C19H22O. The zero-order valence-corrected chi connectivity index (χ0v) is 12.4. The van der Waals surface area contributed by atoms with Gasteiger partial charge in [0.2, 0.25) is 0 Å². The Morgan fingerprint density at radius 1 is 0.800 bits per heavy atom. The summed E-state index contributed by atoms with van der Waals surface area (Å²) in [7, 11) is 0. The van der Waals surface area contributed by atoms with E-state index in [9.17, 15) is 0 Å². The minimum absolute atomic E-state index is 0.0955. The fraction of sp³-hybridized carbons (Fsp3) is 0.263. The Labute approximate surface area is 121 Å². The monoisotopic (exact) mass is 266 g/mol. The molecule has 1 heteroatoms. The molecule has 0 fully saturated rings. The van der Waals surface area contributed by atoms with Crippen LogP contribution in [0.1, 0.15) is 43.0 Å². The van der Waals surface area contributed by atoms with E-state index < -0.39 is 0 Å². The first-order valence-corrected chi connectivity index (χ1v) is 6.97. The zero-order valence-electron chi connectivity index (χ0n) is 12.4. The van der Waals surface area contributed by atoms with Crippen LogP contribution < -0.4 is 0 Å². The summed E-state index contributed by atoms with van der Waals surface area (Å²) in [6.07, 6.45) is 4.20. The summed E-state index contributed by atoms with van der Waals surface area (Å²) < 4.78 is 0. The average Bonchev–Trinajstić information content (AvgIpc) is 2.45. The molecule has 1 N–H and O–H groups in total. The number of hydrogen-bond donors (Lipinski definition) is 1. The molecule has 0 aliphatic rings. The summed E-state index contributed by atoms with van der Waals surface area (Å²) in [6, 6.07) is 16.6. The number of aliphatic hydroxyl groups excluding tert-OH is 1. The fourth-order valence-electron chi connectivity index (χ4n) is 2.02. The second kappa shape index (κ2) is 6.06. The minimum Gasteiger partial charge on any atom is -0.392 e. The van der Waals surface area contributed by atoms with Crippen LogP contribution in [0.4, 0.5) is 0 Å². The molecule has 0 heterocycles. The Balaban J connectivity index is 2.10. The first-order valence-electron chi connectivity index (χ1n) is 6.97. The van der Waals surface area contributed by atoms with Crippen LogP contribution in [0.25, 0.3) is 12.2 Å². The molecule has 0 aliphatic heterocycles. The second-order valence-electron chi connectivity index (χ2n) is 6.11. The molecule has 0 atom stereocenters. The number of hydrogen-bond acceptors (Lipinski definition) is 1. The Kier molecular flexibility index (Phi) is 4.41. The Bertz CT molecular complexity index is 569. The van der Waals surface area contributed by atoms with Gasteiger partial charge in [-0.25, -0.2) is 0 Å². The van der Waals surface area contributed by atoms with Crippen molar-refractivity contribution in [3.05, 3.63) is 70.8 Å². The van der Waals surface area contributed by atoms with Gasteiger partial charge in [-0.3, -0.25) is 0 Å². The quantitative estimate of drug-likeness (QED) is 0.802. The molecule has 0 unspecified atom stereocenters. The summed E-state index contributed by atoms with van der Waals surface area (Å²) in [4.78, 5) is 0. The normalized spacial score (nSPS) is 12.0. The lowest BCUT2D eigenvalue weighted by Crippen LogP contribution is -2.10. The molecule has 2 rings (SSSR count). The summed E-state index contributed by atoms with van der Waals surface area (Å²) in [5, 5.41) is 9.01. The molecule has 0 aromatic heterocycles. The first-order chi connectivity index (χ1) is 9.49. The van der Waals surface area contributed by atoms with Crippen molar-refractivity contribution in [2.45, 2.75) is 32.8 Å². The maximum absolute atomic E-state index is 9.01. The summed E-state index contributed by atoms with van der Waals surface area (Å²) in [5.41, 5.74) is 4.83. The molecule has 0 bridgehead atoms. The van der Waals surface area contributed by atoms with Crippen molar-refractivity contribution in [1.29, 1.82) is 0 Å². The van der Waals surface area contributed by atoms with Crippen molar-refractivity contribution in [2.24, 2.45) is 0 Å². The highest BCUT2D eigenvalue weighted by Crippen LogP contribution is 2.22. The van der Waals surface area contributed by atoms with Gasteiger partial charge >= 0.3 is 0 Å². The van der Waals surface area contributed by atoms with Gasteiger partial charge in [0.1, 0.15) is 0 Å². The lowest BCUT2D eigenvalue weighted by Gasteiger charge is -2.18. The maximum atomic E-state index is 9.01. The molecule has 20 heavy (non-hydrogen) atoms. The van der Waals surface area contributed by atoms with E-state index in [1.165, 1.54) is 11.1 Å². The SMILES string of the molecule is CC(C)(C)c1ccc(/C=C/c2ccc(CO)cc2)cc1. The molecule has 0 amide bonds. The Hall–Kier alpha value is -1.86. The highest BCUT2D eigenvalue weighted by atomic mass is 16.3. The van der Waals surface area contributed by atoms with Crippen LogP contribution in [0, 0.1) is 0 Å². The number of aliphatic hydroxyl groups is 1. The van der Waals surface area contributed by atoms with E-state index in [1.807, 2.05) is 24.3 Å². The molecule has 0 saturated heterocycles. The van der Waals surface area contributed by atoms with E-state index >= 15 is 0 Å². The number of rotatable bonds is 3. The van der Waals surface area contributed by atoms with Crippen molar-refractivity contribution in [3.63, 3.8) is 0 Å². The van der Waals surface area contributed by atoms with Crippen LogP contribution >= 0.6 is 0 Å². The van der Waals surface area contributed by atoms with Gasteiger partial charge in [-0.1, -0.05) is 81.5 Å². The van der Waals surface area contributed by atoms with Crippen LogP contribution in [-0.4, -0.2) is 5.11 Å². The average molecular weight is 266 g/mol. The summed E-state index contributed by atoms with van der Waals surface area (Å²) in [6.45, 7) is 6.76. The van der Waals surface area contributed by atoms with Gasteiger partial charge in [0.05, 0.1) is 6.61 Å². The molecule has 104 valence electrons. The van der Waals surface area contributed by atoms with Crippen LogP contribution in [0.2, 0.25) is 0 Å².